The zero-order chi connectivity index (χ0) is 13.9. The van der Waals surface area contributed by atoms with Gasteiger partial charge in [-0.05, 0) is 68.0 Å². The summed E-state index contributed by atoms with van der Waals surface area (Å²) in [5.74, 6) is 3.03. The smallest absolute Gasteiger partial charge is 0.0334 e. The second kappa shape index (κ2) is 6.62. The Morgan fingerprint density at radius 3 is 2.75 bits per heavy atom. The van der Waals surface area contributed by atoms with Crippen LogP contribution in [0.25, 0.3) is 0 Å². The number of rotatable bonds is 6. The highest BCUT2D eigenvalue weighted by molar-refractivity contribution is 9.10. The van der Waals surface area contributed by atoms with Crippen molar-refractivity contribution >= 4 is 15.9 Å². The van der Waals surface area contributed by atoms with E-state index in [0.29, 0.717) is 6.04 Å². The molecule has 2 bridgehead atoms. The van der Waals surface area contributed by atoms with E-state index in [4.69, 9.17) is 0 Å². The molecule has 2 aliphatic carbocycles. The standard InChI is InChI=1S/C18H26BrN/c1-2-9-20-18(16-5-3-4-6-17(16)19)12-15-11-13-7-8-14(15)10-13/h3-6,13-15,18,20H,2,7-12H2,1H3. The van der Waals surface area contributed by atoms with Crippen LogP contribution in [0, 0.1) is 17.8 Å². The third-order valence-corrected chi connectivity index (χ3v) is 6.07. The summed E-state index contributed by atoms with van der Waals surface area (Å²) in [6.07, 6.45) is 8.52. The molecule has 2 fully saturated rings. The molecule has 0 spiro atoms. The van der Waals surface area contributed by atoms with Crippen molar-refractivity contribution in [1.29, 1.82) is 0 Å². The molecule has 0 heterocycles. The van der Waals surface area contributed by atoms with Crippen molar-refractivity contribution in [2.75, 3.05) is 6.54 Å². The zero-order valence-corrected chi connectivity index (χ0v) is 14.0. The van der Waals surface area contributed by atoms with Crippen molar-refractivity contribution in [3.63, 3.8) is 0 Å². The highest BCUT2D eigenvalue weighted by atomic mass is 79.9. The van der Waals surface area contributed by atoms with Gasteiger partial charge in [0.05, 0.1) is 0 Å². The van der Waals surface area contributed by atoms with Crippen molar-refractivity contribution in [3.05, 3.63) is 34.3 Å². The number of benzene rings is 1. The molecule has 4 unspecified atom stereocenters. The lowest BCUT2D eigenvalue weighted by atomic mass is 9.82. The van der Waals surface area contributed by atoms with Crippen LogP contribution in [0.3, 0.4) is 0 Å². The summed E-state index contributed by atoms with van der Waals surface area (Å²) in [7, 11) is 0. The molecule has 2 saturated carbocycles. The average molecular weight is 336 g/mol. The first-order valence-electron chi connectivity index (χ1n) is 8.25. The van der Waals surface area contributed by atoms with Gasteiger partial charge in [0, 0.05) is 10.5 Å². The molecule has 3 rings (SSSR count). The predicted octanol–water partition coefficient (Wildman–Crippen LogP) is 5.32. The fourth-order valence-corrected chi connectivity index (χ4v) is 4.93. The minimum atomic E-state index is 0.523. The molecular formula is C18H26BrN. The van der Waals surface area contributed by atoms with E-state index in [-0.39, 0.29) is 0 Å². The van der Waals surface area contributed by atoms with Gasteiger partial charge in [-0.3, -0.25) is 0 Å². The van der Waals surface area contributed by atoms with Crippen LogP contribution in [0.1, 0.15) is 57.1 Å². The monoisotopic (exact) mass is 335 g/mol. The van der Waals surface area contributed by atoms with Crippen molar-refractivity contribution in [1.82, 2.24) is 5.32 Å². The Bertz CT molecular complexity index is 445. The summed E-state index contributed by atoms with van der Waals surface area (Å²) in [6.45, 7) is 3.37. The van der Waals surface area contributed by atoms with Crippen LogP contribution in [0.5, 0.6) is 0 Å². The lowest BCUT2D eigenvalue weighted by molar-refractivity contribution is 0.279. The fraction of sp³-hybridized carbons (Fsp3) is 0.667. The van der Waals surface area contributed by atoms with Crippen LogP contribution < -0.4 is 5.32 Å². The molecule has 0 radical (unpaired) electrons. The molecule has 0 aromatic heterocycles. The molecule has 2 heteroatoms. The number of hydrogen-bond donors (Lipinski definition) is 1. The van der Waals surface area contributed by atoms with E-state index in [0.717, 1.165) is 24.3 Å². The highest BCUT2D eigenvalue weighted by Crippen LogP contribution is 2.51. The van der Waals surface area contributed by atoms with Gasteiger partial charge in [0.2, 0.25) is 0 Å². The molecule has 110 valence electrons. The molecule has 0 saturated heterocycles. The minimum absolute atomic E-state index is 0.523. The first-order chi connectivity index (χ1) is 9.78. The summed E-state index contributed by atoms with van der Waals surface area (Å²) in [4.78, 5) is 0. The van der Waals surface area contributed by atoms with E-state index in [1.807, 2.05) is 0 Å². The number of nitrogens with one attached hydrogen (secondary N) is 1. The van der Waals surface area contributed by atoms with Gasteiger partial charge in [0.1, 0.15) is 0 Å². The van der Waals surface area contributed by atoms with E-state index >= 15 is 0 Å². The first kappa shape index (κ1) is 14.6. The van der Waals surface area contributed by atoms with Crippen LogP contribution in [-0.4, -0.2) is 6.54 Å². The summed E-state index contributed by atoms with van der Waals surface area (Å²) in [5.41, 5.74) is 1.45. The largest absolute Gasteiger partial charge is 0.310 e. The van der Waals surface area contributed by atoms with Crippen molar-refractivity contribution in [3.8, 4) is 0 Å². The number of fused-ring (bicyclic) bond motifs is 2. The Balaban J connectivity index is 1.71. The second-order valence-corrected chi connectivity index (χ2v) is 7.55. The lowest BCUT2D eigenvalue weighted by Crippen LogP contribution is -2.26. The lowest BCUT2D eigenvalue weighted by Gasteiger charge is -2.28. The average Bonchev–Trinajstić information content (AvgIpc) is 3.06. The van der Waals surface area contributed by atoms with Gasteiger partial charge in [0.25, 0.3) is 0 Å². The van der Waals surface area contributed by atoms with Gasteiger partial charge in [-0.2, -0.15) is 0 Å². The summed E-state index contributed by atoms with van der Waals surface area (Å²) < 4.78 is 1.26. The maximum atomic E-state index is 3.78. The number of halogens is 1. The highest BCUT2D eigenvalue weighted by Gasteiger charge is 2.40. The molecule has 20 heavy (non-hydrogen) atoms. The molecule has 0 amide bonds. The number of hydrogen-bond acceptors (Lipinski definition) is 1. The van der Waals surface area contributed by atoms with Gasteiger partial charge >= 0.3 is 0 Å². The molecule has 1 N–H and O–H groups in total. The fourth-order valence-electron chi connectivity index (χ4n) is 4.36. The van der Waals surface area contributed by atoms with Gasteiger partial charge in [-0.15, -0.1) is 0 Å². The van der Waals surface area contributed by atoms with E-state index in [2.05, 4.69) is 52.4 Å². The van der Waals surface area contributed by atoms with Gasteiger partial charge in [-0.1, -0.05) is 47.5 Å². The molecule has 1 aromatic carbocycles. The van der Waals surface area contributed by atoms with Crippen molar-refractivity contribution in [2.45, 2.75) is 51.5 Å². The summed E-state index contributed by atoms with van der Waals surface area (Å²) in [6, 6.07) is 9.26. The Hall–Kier alpha value is -0.340. The van der Waals surface area contributed by atoms with Crippen LogP contribution in [0.15, 0.2) is 28.7 Å². The first-order valence-corrected chi connectivity index (χ1v) is 9.05. The Kier molecular flexibility index (Phi) is 4.83. The summed E-state index contributed by atoms with van der Waals surface area (Å²) in [5, 5.41) is 3.78. The quantitative estimate of drug-likeness (QED) is 0.742. The second-order valence-electron chi connectivity index (χ2n) is 6.70. The van der Waals surface area contributed by atoms with Crippen LogP contribution >= 0.6 is 15.9 Å². The van der Waals surface area contributed by atoms with Crippen molar-refractivity contribution < 1.29 is 0 Å². The molecule has 2 aliphatic rings. The van der Waals surface area contributed by atoms with Crippen molar-refractivity contribution in [2.24, 2.45) is 17.8 Å². The van der Waals surface area contributed by atoms with Gasteiger partial charge in [0.15, 0.2) is 0 Å². The Morgan fingerprint density at radius 2 is 2.10 bits per heavy atom. The van der Waals surface area contributed by atoms with Crippen LogP contribution in [0.4, 0.5) is 0 Å². The SMILES string of the molecule is CCCNC(CC1CC2CCC1C2)c1ccccc1Br. The summed E-state index contributed by atoms with van der Waals surface area (Å²) >= 11 is 3.74. The van der Waals surface area contributed by atoms with Crippen LogP contribution in [0.2, 0.25) is 0 Å². The maximum absolute atomic E-state index is 3.78. The van der Waals surface area contributed by atoms with Crippen LogP contribution in [-0.2, 0) is 0 Å². The molecule has 4 atom stereocenters. The molecule has 0 aliphatic heterocycles. The third-order valence-electron chi connectivity index (χ3n) is 5.34. The Labute approximate surface area is 131 Å². The van der Waals surface area contributed by atoms with E-state index in [1.54, 1.807) is 0 Å². The Morgan fingerprint density at radius 1 is 1.25 bits per heavy atom. The van der Waals surface area contributed by atoms with E-state index in [1.165, 1.54) is 48.6 Å². The topological polar surface area (TPSA) is 12.0 Å². The maximum Gasteiger partial charge on any atom is 0.0334 e. The third kappa shape index (κ3) is 3.12. The molecular weight excluding hydrogens is 310 g/mol. The minimum Gasteiger partial charge on any atom is -0.310 e. The van der Waals surface area contributed by atoms with E-state index < -0.39 is 0 Å². The van der Waals surface area contributed by atoms with Gasteiger partial charge < -0.3 is 5.32 Å². The van der Waals surface area contributed by atoms with E-state index in [9.17, 15) is 0 Å². The normalized spacial score (nSPS) is 29.8. The predicted molar refractivity (Wildman–Crippen MR) is 88.7 cm³/mol. The molecule has 1 nitrogen and oxygen atoms in total. The van der Waals surface area contributed by atoms with Gasteiger partial charge in [-0.25, -0.2) is 0 Å². The molecule has 1 aromatic rings. The zero-order valence-electron chi connectivity index (χ0n) is 12.4.